The number of hydrogen-bond acceptors (Lipinski definition) is 5. The molecule has 86 valence electrons. The quantitative estimate of drug-likeness (QED) is 0.629. The van der Waals surface area contributed by atoms with Crippen molar-refractivity contribution in [3.63, 3.8) is 0 Å². The first-order valence-electron chi connectivity index (χ1n) is 4.66. The van der Waals surface area contributed by atoms with E-state index in [9.17, 15) is 0 Å². The van der Waals surface area contributed by atoms with Crippen LogP contribution in [0, 0.1) is 0 Å². The van der Waals surface area contributed by atoms with Crippen molar-refractivity contribution in [2.45, 2.75) is 0 Å². The Morgan fingerprint density at radius 1 is 1.25 bits per heavy atom. The number of aromatic nitrogens is 1. The molecule has 2 N–H and O–H groups in total. The number of nitrogens with two attached hydrogens (primary N) is 1. The number of fused-ring (bicyclic) bond motifs is 1. The molecule has 0 bridgehead atoms. The molecular weight excluding hydrogens is 226 g/mol. The molecule has 2 aromatic rings. The van der Waals surface area contributed by atoms with E-state index in [0.717, 1.165) is 15.0 Å². The summed E-state index contributed by atoms with van der Waals surface area (Å²) in [6.07, 6.45) is 0. The van der Waals surface area contributed by atoms with Gasteiger partial charge in [-0.1, -0.05) is 11.3 Å². The molecule has 0 amide bonds. The smallest absolute Gasteiger partial charge is 0.208 e. The van der Waals surface area contributed by atoms with Gasteiger partial charge in [0, 0.05) is 19.2 Å². The van der Waals surface area contributed by atoms with E-state index in [0.29, 0.717) is 11.5 Å². The van der Waals surface area contributed by atoms with Gasteiger partial charge in [0.05, 0.1) is 24.4 Å². The third-order valence-corrected chi connectivity index (χ3v) is 3.53. The molecule has 0 aliphatic rings. The zero-order valence-corrected chi connectivity index (χ0v) is 10.2. The van der Waals surface area contributed by atoms with E-state index in [1.54, 1.807) is 14.2 Å². The molecule has 16 heavy (non-hydrogen) atoms. The van der Waals surface area contributed by atoms with Gasteiger partial charge < -0.3 is 19.9 Å². The molecule has 0 unspecified atom stereocenters. The number of hydrogen-bond donors (Lipinski definition) is 1. The third kappa shape index (κ3) is 1.51. The number of thiazole rings is 1. The van der Waals surface area contributed by atoms with Crippen LogP contribution >= 0.6 is 11.3 Å². The highest BCUT2D eigenvalue weighted by Gasteiger charge is 2.10. The summed E-state index contributed by atoms with van der Waals surface area (Å²) in [5, 5.41) is 3.72. The lowest BCUT2D eigenvalue weighted by atomic mass is 10.3. The summed E-state index contributed by atoms with van der Waals surface area (Å²) >= 11 is 1.51. The normalized spacial score (nSPS) is 12.1. The molecule has 0 spiro atoms. The van der Waals surface area contributed by atoms with Gasteiger partial charge in [0.25, 0.3) is 0 Å². The summed E-state index contributed by atoms with van der Waals surface area (Å²) in [5.74, 6) is 6.72. The fourth-order valence-electron chi connectivity index (χ4n) is 1.58. The van der Waals surface area contributed by atoms with E-state index in [4.69, 9.17) is 15.3 Å². The fourth-order valence-corrected chi connectivity index (χ4v) is 2.53. The SMILES string of the molecule is COc1cc2sc(=NN)n(C)c2cc1OC. The van der Waals surface area contributed by atoms with Gasteiger partial charge in [0.15, 0.2) is 11.5 Å². The van der Waals surface area contributed by atoms with Gasteiger partial charge in [-0.05, 0) is 0 Å². The van der Waals surface area contributed by atoms with E-state index >= 15 is 0 Å². The number of nitrogens with zero attached hydrogens (tertiary/aromatic N) is 2. The zero-order valence-electron chi connectivity index (χ0n) is 9.35. The lowest BCUT2D eigenvalue weighted by Gasteiger charge is -2.07. The van der Waals surface area contributed by atoms with Crippen molar-refractivity contribution in [3.05, 3.63) is 16.9 Å². The van der Waals surface area contributed by atoms with Gasteiger partial charge in [-0.3, -0.25) is 0 Å². The summed E-state index contributed by atoms with van der Waals surface area (Å²) in [5.41, 5.74) is 1.02. The van der Waals surface area contributed by atoms with E-state index in [2.05, 4.69) is 5.10 Å². The number of aryl methyl sites for hydroxylation is 1. The van der Waals surface area contributed by atoms with Crippen molar-refractivity contribution >= 4 is 21.6 Å². The summed E-state index contributed by atoms with van der Waals surface area (Å²) in [6.45, 7) is 0. The average molecular weight is 239 g/mol. The van der Waals surface area contributed by atoms with Crippen molar-refractivity contribution in [2.75, 3.05) is 14.2 Å². The minimum absolute atomic E-state index is 0.701. The van der Waals surface area contributed by atoms with Crippen LogP contribution in [0.15, 0.2) is 17.2 Å². The average Bonchev–Trinajstić information content (AvgIpc) is 2.63. The lowest BCUT2D eigenvalue weighted by molar-refractivity contribution is 0.356. The summed E-state index contributed by atoms with van der Waals surface area (Å²) < 4.78 is 13.5. The third-order valence-electron chi connectivity index (χ3n) is 2.43. The predicted molar refractivity (Wildman–Crippen MR) is 63.7 cm³/mol. The monoisotopic (exact) mass is 239 g/mol. The maximum atomic E-state index is 5.31. The highest BCUT2D eigenvalue weighted by atomic mass is 32.1. The van der Waals surface area contributed by atoms with Crippen LogP contribution in [0.2, 0.25) is 0 Å². The molecule has 0 saturated heterocycles. The van der Waals surface area contributed by atoms with Crippen LogP contribution < -0.4 is 20.1 Å². The molecule has 5 nitrogen and oxygen atoms in total. The van der Waals surface area contributed by atoms with Gasteiger partial charge in [-0.25, -0.2) is 0 Å². The Bertz CT molecular complexity index is 585. The Hall–Kier alpha value is -1.69. The Labute approximate surface area is 96.7 Å². The summed E-state index contributed by atoms with van der Waals surface area (Å²) in [4.78, 5) is 0.755. The molecule has 1 aromatic carbocycles. The minimum Gasteiger partial charge on any atom is -0.493 e. The minimum atomic E-state index is 0.701. The largest absolute Gasteiger partial charge is 0.493 e. The molecule has 1 aromatic heterocycles. The number of methoxy groups -OCH3 is 2. The first-order valence-corrected chi connectivity index (χ1v) is 5.48. The van der Waals surface area contributed by atoms with Gasteiger partial charge in [0.2, 0.25) is 4.80 Å². The molecule has 0 fully saturated rings. The van der Waals surface area contributed by atoms with Crippen LogP contribution in [0.3, 0.4) is 0 Å². The summed E-state index contributed by atoms with van der Waals surface area (Å²) in [7, 11) is 5.15. The molecule has 6 heteroatoms. The van der Waals surface area contributed by atoms with Crippen molar-refractivity contribution in [3.8, 4) is 11.5 Å². The first-order chi connectivity index (χ1) is 7.71. The van der Waals surface area contributed by atoms with Gasteiger partial charge in [-0.2, -0.15) is 5.10 Å². The van der Waals surface area contributed by atoms with E-state index in [1.165, 1.54) is 11.3 Å². The van der Waals surface area contributed by atoms with Crippen LogP contribution in [0.25, 0.3) is 10.2 Å². The molecule has 2 rings (SSSR count). The van der Waals surface area contributed by atoms with E-state index in [1.807, 2.05) is 23.7 Å². The van der Waals surface area contributed by atoms with Crippen LogP contribution in [0.1, 0.15) is 0 Å². The molecule has 0 aliphatic carbocycles. The van der Waals surface area contributed by atoms with Crippen LogP contribution in [0.4, 0.5) is 0 Å². The molecule has 0 aliphatic heterocycles. The van der Waals surface area contributed by atoms with Crippen LogP contribution in [-0.4, -0.2) is 18.8 Å². The Balaban J connectivity index is 2.81. The van der Waals surface area contributed by atoms with E-state index < -0.39 is 0 Å². The van der Waals surface area contributed by atoms with E-state index in [-0.39, 0.29) is 0 Å². The number of benzene rings is 1. The Morgan fingerprint density at radius 3 is 2.44 bits per heavy atom. The second-order valence-corrected chi connectivity index (χ2v) is 4.26. The lowest BCUT2D eigenvalue weighted by Crippen LogP contribution is -2.12. The molecular formula is C10H13N3O2S. The fraction of sp³-hybridized carbons (Fsp3) is 0.300. The molecule has 0 saturated carbocycles. The van der Waals surface area contributed by atoms with Crippen molar-refractivity contribution in [1.82, 2.24) is 4.57 Å². The predicted octanol–water partition coefficient (Wildman–Crippen LogP) is 1.03. The second-order valence-electron chi connectivity index (χ2n) is 3.25. The highest BCUT2D eigenvalue weighted by molar-refractivity contribution is 7.16. The first kappa shape index (κ1) is 10.8. The topological polar surface area (TPSA) is 61.8 Å². The maximum Gasteiger partial charge on any atom is 0.208 e. The van der Waals surface area contributed by atoms with Gasteiger partial charge in [0.1, 0.15) is 0 Å². The summed E-state index contributed by atoms with van der Waals surface area (Å²) in [6, 6.07) is 3.84. The second kappa shape index (κ2) is 4.05. The number of rotatable bonds is 2. The molecule has 0 radical (unpaired) electrons. The van der Waals surface area contributed by atoms with Crippen molar-refractivity contribution < 1.29 is 9.47 Å². The number of ether oxygens (including phenoxy) is 2. The standard InChI is InChI=1S/C10H13N3O2S/c1-13-6-4-7(14-2)8(15-3)5-9(6)16-10(13)12-11/h4-5H,11H2,1-3H3. The zero-order chi connectivity index (χ0) is 11.7. The van der Waals surface area contributed by atoms with Crippen LogP contribution in [-0.2, 0) is 7.05 Å². The molecule has 0 atom stereocenters. The van der Waals surface area contributed by atoms with Crippen LogP contribution in [0.5, 0.6) is 11.5 Å². The maximum absolute atomic E-state index is 5.31. The van der Waals surface area contributed by atoms with Crippen molar-refractivity contribution in [2.24, 2.45) is 18.0 Å². The molecule has 1 heterocycles. The Morgan fingerprint density at radius 2 is 1.88 bits per heavy atom. The van der Waals surface area contributed by atoms with Gasteiger partial charge >= 0.3 is 0 Å². The highest BCUT2D eigenvalue weighted by Crippen LogP contribution is 2.32. The van der Waals surface area contributed by atoms with Crippen molar-refractivity contribution in [1.29, 1.82) is 0 Å². The van der Waals surface area contributed by atoms with Gasteiger partial charge in [-0.15, -0.1) is 0 Å². The Kier molecular flexibility index (Phi) is 2.74.